The molecule has 1 unspecified atom stereocenters. The van der Waals surface area contributed by atoms with Gasteiger partial charge in [0.2, 0.25) is 0 Å². The minimum atomic E-state index is -0.251. The average molecular weight is 260 g/mol. The summed E-state index contributed by atoms with van der Waals surface area (Å²) in [5.74, 6) is 1.53. The van der Waals surface area contributed by atoms with Crippen LogP contribution < -0.4 is 0 Å². The van der Waals surface area contributed by atoms with Crippen molar-refractivity contribution in [3.8, 4) is 0 Å². The Bertz CT molecular complexity index is 256. The SMILES string of the molecule is COC(=O)CSCCCC(C)C(=O)C(C)(C)C. The van der Waals surface area contributed by atoms with Crippen molar-refractivity contribution >= 4 is 23.5 Å². The fourth-order valence-corrected chi connectivity index (χ4v) is 2.38. The van der Waals surface area contributed by atoms with E-state index in [4.69, 9.17) is 0 Å². The van der Waals surface area contributed by atoms with Crippen LogP contribution in [0.2, 0.25) is 0 Å². The maximum absolute atomic E-state index is 11.9. The molecule has 3 nitrogen and oxygen atoms in total. The first-order chi connectivity index (χ1) is 7.79. The number of ether oxygens (including phenoxy) is 1. The molecule has 1 atom stereocenters. The standard InChI is InChI=1S/C13H24O3S/c1-10(12(15)13(2,3)4)7-6-8-17-9-11(14)16-5/h10H,6-9H2,1-5H3. The van der Waals surface area contributed by atoms with Gasteiger partial charge >= 0.3 is 5.97 Å². The van der Waals surface area contributed by atoms with Gasteiger partial charge in [0.1, 0.15) is 5.78 Å². The predicted molar refractivity (Wildman–Crippen MR) is 72.2 cm³/mol. The van der Waals surface area contributed by atoms with Gasteiger partial charge in [-0.15, -0.1) is 0 Å². The van der Waals surface area contributed by atoms with Crippen molar-refractivity contribution in [2.24, 2.45) is 11.3 Å². The minimum absolute atomic E-state index is 0.105. The van der Waals surface area contributed by atoms with Crippen LogP contribution in [0.25, 0.3) is 0 Å². The number of esters is 1. The summed E-state index contributed by atoms with van der Waals surface area (Å²) in [4.78, 5) is 22.8. The third-order valence-corrected chi connectivity index (χ3v) is 3.58. The van der Waals surface area contributed by atoms with E-state index in [1.165, 1.54) is 7.11 Å². The Kier molecular flexibility index (Phi) is 7.51. The van der Waals surface area contributed by atoms with E-state index in [2.05, 4.69) is 4.74 Å². The highest BCUT2D eigenvalue weighted by atomic mass is 32.2. The second kappa shape index (κ2) is 7.75. The first-order valence-electron chi connectivity index (χ1n) is 5.98. The Balaban J connectivity index is 3.69. The molecule has 0 bridgehead atoms. The van der Waals surface area contributed by atoms with Gasteiger partial charge in [0, 0.05) is 11.3 Å². The molecular weight excluding hydrogens is 236 g/mol. The summed E-state index contributed by atoms with van der Waals surface area (Å²) in [6.07, 6.45) is 1.86. The van der Waals surface area contributed by atoms with E-state index < -0.39 is 0 Å². The van der Waals surface area contributed by atoms with Crippen molar-refractivity contribution in [3.63, 3.8) is 0 Å². The average Bonchev–Trinajstić information content (AvgIpc) is 2.25. The molecule has 17 heavy (non-hydrogen) atoms. The molecule has 0 heterocycles. The molecule has 0 radical (unpaired) electrons. The zero-order chi connectivity index (χ0) is 13.5. The number of thioether (sulfide) groups is 1. The summed E-state index contributed by atoms with van der Waals surface area (Å²) >= 11 is 1.56. The summed E-state index contributed by atoms with van der Waals surface area (Å²) < 4.78 is 4.55. The normalized spacial score (nSPS) is 13.2. The lowest BCUT2D eigenvalue weighted by Crippen LogP contribution is -2.26. The number of rotatable bonds is 7. The first kappa shape index (κ1) is 16.5. The topological polar surface area (TPSA) is 43.4 Å². The van der Waals surface area contributed by atoms with Gasteiger partial charge in [-0.25, -0.2) is 0 Å². The zero-order valence-electron chi connectivity index (χ0n) is 11.5. The monoisotopic (exact) mass is 260 g/mol. The zero-order valence-corrected chi connectivity index (χ0v) is 12.4. The molecule has 0 aliphatic carbocycles. The van der Waals surface area contributed by atoms with Crippen molar-refractivity contribution in [2.75, 3.05) is 18.6 Å². The highest BCUT2D eigenvalue weighted by Crippen LogP contribution is 2.23. The predicted octanol–water partition coefficient (Wildman–Crippen LogP) is 2.92. The summed E-state index contributed by atoms with van der Waals surface area (Å²) in [6.45, 7) is 7.85. The molecule has 0 aliphatic rings. The van der Waals surface area contributed by atoms with Gasteiger partial charge in [0.15, 0.2) is 0 Å². The third-order valence-electron chi connectivity index (χ3n) is 2.56. The molecule has 0 amide bonds. The van der Waals surface area contributed by atoms with Gasteiger partial charge in [0.05, 0.1) is 12.9 Å². The van der Waals surface area contributed by atoms with Crippen molar-refractivity contribution in [2.45, 2.75) is 40.5 Å². The van der Waals surface area contributed by atoms with Crippen molar-refractivity contribution in [3.05, 3.63) is 0 Å². The number of ketones is 1. The molecule has 100 valence electrons. The van der Waals surface area contributed by atoms with E-state index in [-0.39, 0.29) is 17.3 Å². The van der Waals surface area contributed by atoms with Crippen LogP contribution in [0.15, 0.2) is 0 Å². The van der Waals surface area contributed by atoms with E-state index in [1.54, 1.807) is 11.8 Å². The highest BCUT2D eigenvalue weighted by molar-refractivity contribution is 7.99. The van der Waals surface area contributed by atoms with Gasteiger partial charge in [-0.2, -0.15) is 11.8 Å². The van der Waals surface area contributed by atoms with Gasteiger partial charge in [-0.1, -0.05) is 27.7 Å². The van der Waals surface area contributed by atoms with Crippen LogP contribution in [0.5, 0.6) is 0 Å². The number of methoxy groups -OCH3 is 1. The number of Topliss-reactive ketones (excluding diaryl/α,β-unsaturated/α-hetero) is 1. The van der Waals surface area contributed by atoms with Crippen LogP contribution in [0.4, 0.5) is 0 Å². The van der Waals surface area contributed by atoms with E-state index in [1.807, 2.05) is 27.7 Å². The lowest BCUT2D eigenvalue weighted by atomic mass is 9.82. The fraction of sp³-hybridized carbons (Fsp3) is 0.846. The Morgan fingerprint density at radius 3 is 2.35 bits per heavy atom. The number of hydrogen-bond donors (Lipinski definition) is 0. The highest BCUT2D eigenvalue weighted by Gasteiger charge is 2.25. The molecular formula is C13H24O3S. The second-order valence-corrected chi connectivity index (χ2v) is 6.39. The van der Waals surface area contributed by atoms with Crippen LogP contribution in [0.3, 0.4) is 0 Å². The summed E-state index contributed by atoms with van der Waals surface area (Å²) in [5, 5.41) is 0. The molecule has 0 aromatic heterocycles. The van der Waals surface area contributed by atoms with Crippen LogP contribution in [-0.4, -0.2) is 30.4 Å². The number of hydrogen-bond acceptors (Lipinski definition) is 4. The van der Waals surface area contributed by atoms with Gasteiger partial charge in [-0.3, -0.25) is 9.59 Å². The Morgan fingerprint density at radius 1 is 1.29 bits per heavy atom. The van der Waals surface area contributed by atoms with Crippen LogP contribution in [-0.2, 0) is 14.3 Å². The summed E-state index contributed by atoms with van der Waals surface area (Å²) in [6, 6.07) is 0. The van der Waals surface area contributed by atoms with E-state index in [0.29, 0.717) is 11.5 Å². The first-order valence-corrected chi connectivity index (χ1v) is 7.13. The Morgan fingerprint density at radius 2 is 1.88 bits per heavy atom. The van der Waals surface area contributed by atoms with E-state index in [0.717, 1.165) is 18.6 Å². The maximum Gasteiger partial charge on any atom is 0.315 e. The lowest BCUT2D eigenvalue weighted by molar-refractivity contribution is -0.137. The third kappa shape index (κ3) is 7.42. The van der Waals surface area contributed by atoms with Gasteiger partial charge < -0.3 is 4.74 Å². The molecule has 0 aliphatic heterocycles. The lowest BCUT2D eigenvalue weighted by Gasteiger charge is -2.21. The summed E-state index contributed by atoms with van der Waals surface area (Å²) in [7, 11) is 1.40. The molecule has 0 aromatic carbocycles. The largest absolute Gasteiger partial charge is 0.468 e. The molecule has 0 saturated heterocycles. The van der Waals surface area contributed by atoms with Crippen LogP contribution in [0, 0.1) is 11.3 Å². The molecule has 0 aromatic rings. The van der Waals surface area contributed by atoms with E-state index in [9.17, 15) is 9.59 Å². The van der Waals surface area contributed by atoms with Crippen molar-refractivity contribution in [1.82, 2.24) is 0 Å². The molecule has 0 rings (SSSR count). The molecule has 4 heteroatoms. The van der Waals surface area contributed by atoms with Gasteiger partial charge in [-0.05, 0) is 18.6 Å². The Hall–Kier alpha value is -0.510. The minimum Gasteiger partial charge on any atom is -0.468 e. The molecule has 0 fully saturated rings. The van der Waals surface area contributed by atoms with Crippen LogP contribution in [0.1, 0.15) is 40.5 Å². The summed E-state index contributed by atoms with van der Waals surface area (Å²) in [5.41, 5.74) is -0.251. The smallest absolute Gasteiger partial charge is 0.315 e. The van der Waals surface area contributed by atoms with Crippen molar-refractivity contribution < 1.29 is 14.3 Å². The Labute approximate surface area is 109 Å². The molecule has 0 saturated carbocycles. The molecule has 0 N–H and O–H groups in total. The number of carbonyl (C=O) groups is 2. The van der Waals surface area contributed by atoms with E-state index >= 15 is 0 Å². The van der Waals surface area contributed by atoms with Crippen LogP contribution >= 0.6 is 11.8 Å². The van der Waals surface area contributed by atoms with Gasteiger partial charge in [0.25, 0.3) is 0 Å². The maximum atomic E-state index is 11.9. The fourth-order valence-electron chi connectivity index (χ4n) is 1.58. The number of carbonyl (C=O) groups excluding carboxylic acids is 2. The molecule has 0 spiro atoms. The second-order valence-electron chi connectivity index (χ2n) is 5.29. The van der Waals surface area contributed by atoms with Crippen molar-refractivity contribution in [1.29, 1.82) is 0 Å². The quantitative estimate of drug-likeness (QED) is 0.521.